The molecule has 1 fully saturated rings. The van der Waals surface area contributed by atoms with Crippen LogP contribution in [-0.2, 0) is 0 Å². The summed E-state index contributed by atoms with van der Waals surface area (Å²) < 4.78 is 1.67. The quantitative estimate of drug-likeness (QED) is 0.530. The summed E-state index contributed by atoms with van der Waals surface area (Å²) in [6.07, 6.45) is 1.20. The largest absolute Gasteiger partial charge is 0.396 e. The van der Waals surface area contributed by atoms with E-state index in [0.717, 1.165) is 0 Å². The SMILES string of the molecule is C=C1[C@@H](CO)[C@@H](O)C[C@H]1n1cnc2c(=O)[nH]c(N)nc21. The molecule has 0 unspecified atom stereocenters. The molecule has 0 aromatic carbocycles. The Morgan fingerprint density at radius 2 is 2.35 bits per heavy atom. The van der Waals surface area contributed by atoms with E-state index < -0.39 is 11.7 Å². The monoisotopic (exact) mass is 277 g/mol. The topological polar surface area (TPSA) is 130 Å². The number of fused-ring (bicyclic) bond motifs is 1. The number of aromatic nitrogens is 4. The van der Waals surface area contributed by atoms with Crippen molar-refractivity contribution in [2.45, 2.75) is 18.6 Å². The van der Waals surface area contributed by atoms with Gasteiger partial charge in [0.25, 0.3) is 5.56 Å². The molecular weight excluding hydrogens is 262 g/mol. The molecule has 20 heavy (non-hydrogen) atoms. The van der Waals surface area contributed by atoms with Gasteiger partial charge in [-0.15, -0.1) is 0 Å². The number of H-pyrrole nitrogens is 1. The van der Waals surface area contributed by atoms with E-state index in [0.29, 0.717) is 17.6 Å². The number of aliphatic hydroxyl groups is 2. The third-order valence-corrected chi connectivity index (χ3v) is 3.82. The molecule has 106 valence electrons. The summed E-state index contributed by atoms with van der Waals surface area (Å²) in [6.45, 7) is 3.76. The van der Waals surface area contributed by atoms with Crippen molar-refractivity contribution in [1.29, 1.82) is 0 Å². The van der Waals surface area contributed by atoms with Gasteiger partial charge in [-0.1, -0.05) is 6.58 Å². The van der Waals surface area contributed by atoms with Gasteiger partial charge in [0.15, 0.2) is 11.2 Å². The standard InChI is InChI=1S/C12H15N5O3/c1-5-6(3-18)8(19)2-7(5)17-4-14-9-10(17)15-12(13)16-11(9)20/h4,6-8,18-19H,1-3H2,(H3,13,15,16,20)/t6-,7-,8+/m1/s1. The van der Waals surface area contributed by atoms with Gasteiger partial charge in [-0.05, 0) is 12.0 Å². The number of imidazole rings is 1. The number of nitrogens with two attached hydrogens (primary N) is 1. The Hall–Kier alpha value is -2.19. The molecule has 8 heteroatoms. The smallest absolute Gasteiger partial charge is 0.280 e. The summed E-state index contributed by atoms with van der Waals surface area (Å²) in [5, 5.41) is 19.2. The zero-order valence-electron chi connectivity index (χ0n) is 10.7. The summed E-state index contributed by atoms with van der Waals surface area (Å²) in [5.74, 6) is -0.371. The molecule has 1 saturated carbocycles. The van der Waals surface area contributed by atoms with Crippen LogP contribution < -0.4 is 11.3 Å². The van der Waals surface area contributed by atoms with Crippen molar-refractivity contribution >= 4 is 17.1 Å². The van der Waals surface area contributed by atoms with E-state index in [9.17, 15) is 15.0 Å². The molecule has 0 bridgehead atoms. The first-order valence-electron chi connectivity index (χ1n) is 6.23. The maximum atomic E-state index is 11.7. The number of rotatable bonds is 2. The van der Waals surface area contributed by atoms with Gasteiger partial charge in [0.05, 0.1) is 25.1 Å². The highest BCUT2D eigenvalue weighted by Gasteiger charge is 2.37. The van der Waals surface area contributed by atoms with Crippen molar-refractivity contribution in [3.8, 4) is 0 Å². The summed E-state index contributed by atoms with van der Waals surface area (Å²) >= 11 is 0. The number of anilines is 1. The summed E-state index contributed by atoms with van der Waals surface area (Å²) in [5.41, 5.74) is 6.37. The van der Waals surface area contributed by atoms with E-state index >= 15 is 0 Å². The van der Waals surface area contributed by atoms with Gasteiger partial charge in [0.2, 0.25) is 5.95 Å². The van der Waals surface area contributed by atoms with Crippen LogP contribution in [0.5, 0.6) is 0 Å². The van der Waals surface area contributed by atoms with E-state index in [2.05, 4.69) is 21.5 Å². The van der Waals surface area contributed by atoms with Crippen LogP contribution in [0.15, 0.2) is 23.3 Å². The normalized spacial score (nSPS) is 26.5. The van der Waals surface area contributed by atoms with Gasteiger partial charge in [-0.3, -0.25) is 9.78 Å². The first-order chi connectivity index (χ1) is 9.52. The van der Waals surface area contributed by atoms with Crippen LogP contribution in [0, 0.1) is 5.92 Å². The minimum absolute atomic E-state index is 0.00659. The number of nitrogens with one attached hydrogen (secondary N) is 1. The lowest BCUT2D eigenvalue weighted by Crippen LogP contribution is -2.17. The fourth-order valence-electron chi connectivity index (χ4n) is 2.74. The molecule has 3 atom stereocenters. The van der Waals surface area contributed by atoms with E-state index in [1.165, 1.54) is 6.33 Å². The second-order valence-electron chi connectivity index (χ2n) is 4.96. The zero-order chi connectivity index (χ0) is 14.4. The van der Waals surface area contributed by atoms with Crippen molar-refractivity contribution in [3.05, 3.63) is 28.8 Å². The molecule has 2 heterocycles. The van der Waals surface area contributed by atoms with Crippen LogP contribution in [-0.4, -0.2) is 42.4 Å². The fourth-order valence-corrected chi connectivity index (χ4v) is 2.74. The predicted molar refractivity (Wildman–Crippen MR) is 71.9 cm³/mol. The average molecular weight is 277 g/mol. The van der Waals surface area contributed by atoms with Crippen LogP contribution in [0.2, 0.25) is 0 Å². The predicted octanol–water partition coefficient (Wildman–Crippen LogP) is -0.828. The first-order valence-corrected chi connectivity index (χ1v) is 6.23. The lowest BCUT2D eigenvalue weighted by atomic mass is 10.0. The van der Waals surface area contributed by atoms with Crippen molar-refractivity contribution in [3.63, 3.8) is 0 Å². The highest BCUT2D eigenvalue weighted by molar-refractivity contribution is 5.70. The van der Waals surface area contributed by atoms with Gasteiger partial charge in [-0.25, -0.2) is 4.98 Å². The summed E-state index contributed by atoms with van der Waals surface area (Å²) in [6, 6.07) is -0.263. The number of hydrogen-bond donors (Lipinski definition) is 4. The van der Waals surface area contributed by atoms with Crippen LogP contribution in [0.4, 0.5) is 5.95 Å². The maximum absolute atomic E-state index is 11.7. The van der Waals surface area contributed by atoms with Crippen LogP contribution >= 0.6 is 0 Å². The second-order valence-corrected chi connectivity index (χ2v) is 4.96. The highest BCUT2D eigenvalue weighted by Crippen LogP contribution is 2.39. The Bertz CT molecular complexity index is 734. The zero-order valence-corrected chi connectivity index (χ0v) is 10.7. The molecule has 5 N–H and O–H groups in total. The Balaban J connectivity index is 2.12. The van der Waals surface area contributed by atoms with E-state index in [1.807, 2.05) is 0 Å². The fraction of sp³-hybridized carbons (Fsp3) is 0.417. The lowest BCUT2D eigenvalue weighted by molar-refractivity contribution is 0.101. The summed E-state index contributed by atoms with van der Waals surface area (Å²) in [7, 11) is 0. The van der Waals surface area contributed by atoms with Crippen LogP contribution in [0.25, 0.3) is 11.2 Å². The Morgan fingerprint density at radius 1 is 1.60 bits per heavy atom. The average Bonchev–Trinajstić information content (AvgIpc) is 2.91. The molecule has 3 rings (SSSR count). The van der Waals surface area contributed by atoms with Crippen molar-refractivity contribution in [1.82, 2.24) is 19.5 Å². The summed E-state index contributed by atoms with van der Waals surface area (Å²) in [4.78, 5) is 22.2. The number of aliphatic hydroxyl groups excluding tert-OH is 2. The molecule has 1 aliphatic carbocycles. The van der Waals surface area contributed by atoms with Crippen LogP contribution in [0.1, 0.15) is 12.5 Å². The van der Waals surface area contributed by atoms with E-state index in [-0.39, 0.29) is 30.0 Å². The van der Waals surface area contributed by atoms with Gasteiger partial charge < -0.3 is 20.5 Å². The van der Waals surface area contributed by atoms with Gasteiger partial charge >= 0.3 is 0 Å². The van der Waals surface area contributed by atoms with Gasteiger partial charge in [0.1, 0.15) is 0 Å². The molecule has 2 aromatic rings. The van der Waals surface area contributed by atoms with E-state index in [1.54, 1.807) is 4.57 Å². The highest BCUT2D eigenvalue weighted by atomic mass is 16.3. The Labute approximate surface area is 113 Å². The first kappa shape index (κ1) is 12.8. The Kier molecular flexibility index (Phi) is 2.84. The van der Waals surface area contributed by atoms with Crippen molar-refractivity contribution in [2.24, 2.45) is 5.92 Å². The molecular formula is C12H15N5O3. The Morgan fingerprint density at radius 3 is 3.00 bits per heavy atom. The maximum Gasteiger partial charge on any atom is 0.280 e. The minimum Gasteiger partial charge on any atom is -0.396 e. The molecule has 2 aromatic heterocycles. The minimum atomic E-state index is -0.672. The molecule has 0 saturated heterocycles. The second kappa shape index (κ2) is 4.43. The molecule has 0 spiro atoms. The molecule has 0 radical (unpaired) electrons. The molecule has 8 nitrogen and oxygen atoms in total. The van der Waals surface area contributed by atoms with Gasteiger partial charge in [-0.2, -0.15) is 4.98 Å². The number of aromatic amines is 1. The van der Waals surface area contributed by atoms with Crippen molar-refractivity contribution < 1.29 is 10.2 Å². The number of hydrogen-bond acceptors (Lipinski definition) is 6. The lowest BCUT2D eigenvalue weighted by Gasteiger charge is -2.15. The van der Waals surface area contributed by atoms with E-state index in [4.69, 9.17) is 5.73 Å². The molecule has 0 amide bonds. The molecule has 0 aliphatic heterocycles. The third kappa shape index (κ3) is 1.73. The van der Waals surface area contributed by atoms with Gasteiger partial charge in [0, 0.05) is 5.92 Å². The van der Waals surface area contributed by atoms with Crippen LogP contribution in [0.3, 0.4) is 0 Å². The molecule has 1 aliphatic rings. The van der Waals surface area contributed by atoms with Crippen molar-refractivity contribution in [2.75, 3.05) is 12.3 Å². The number of nitrogens with zero attached hydrogens (tertiary/aromatic N) is 3. The third-order valence-electron chi connectivity index (χ3n) is 3.82. The number of nitrogen functional groups attached to an aromatic ring is 1.